The molecule has 0 saturated carbocycles. The van der Waals surface area contributed by atoms with E-state index in [1.807, 2.05) is 47.8 Å². The number of benzene rings is 1. The fourth-order valence-corrected chi connectivity index (χ4v) is 0.931. The Morgan fingerprint density at radius 2 is 1.58 bits per heavy atom. The van der Waals surface area contributed by atoms with Gasteiger partial charge in [0, 0.05) is 0 Å². The average Bonchev–Trinajstić information content (AvgIpc) is 2.64. The van der Waals surface area contributed by atoms with Gasteiger partial charge in [0.05, 0.1) is 0 Å². The van der Waals surface area contributed by atoms with Crippen molar-refractivity contribution < 1.29 is 19.5 Å². The SMILES string of the molecule is [Zn+2].[c-]1ccccc1.[c-]1cccs1. The fourth-order valence-electron chi connectivity index (χ4n) is 0.538. The summed E-state index contributed by atoms with van der Waals surface area (Å²) in [5.41, 5.74) is 0. The van der Waals surface area contributed by atoms with Gasteiger partial charge in [0.15, 0.2) is 0 Å². The zero-order valence-electron chi connectivity index (χ0n) is 6.73. The van der Waals surface area contributed by atoms with Gasteiger partial charge in [-0.25, -0.2) is 6.07 Å². The van der Waals surface area contributed by atoms with E-state index in [2.05, 4.69) is 11.4 Å². The summed E-state index contributed by atoms with van der Waals surface area (Å²) in [6, 6.07) is 16.4. The molecule has 0 N–H and O–H groups in total. The quantitative estimate of drug-likeness (QED) is 0.478. The van der Waals surface area contributed by atoms with Gasteiger partial charge < -0.3 is 11.3 Å². The Bertz CT molecular complexity index is 196. The largest absolute Gasteiger partial charge is 2.00 e. The van der Waals surface area contributed by atoms with Crippen molar-refractivity contribution in [2.75, 3.05) is 0 Å². The number of thiophene rings is 1. The molecule has 56 valence electrons. The Kier molecular flexibility index (Phi) is 8.31. The summed E-state index contributed by atoms with van der Waals surface area (Å²) in [6.07, 6.45) is 0. The first-order valence-corrected chi connectivity index (χ1v) is 4.19. The van der Waals surface area contributed by atoms with Crippen molar-refractivity contribution in [1.82, 2.24) is 0 Å². The molecule has 0 aliphatic carbocycles. The first kappa shape index (κ1) is 11.5. The Labute approximate surface area is 90.0 Å². The van der Waals surface area contributed by atoms with Crippen molar-refractivity contribution in [1.29, 1.82) is 0 Å². The predicted molar refractivity (Wildman–Crippen MR) is 48.4 cm³/mol. The molecule has 1 heterocycles. The van der Waals surface area contributed by atoms with Crippen molar-refractivity contribution in [3.63, 3.8) is 0 Å². The van der Waals surface area contributed by atoms with Crippen molar-refractivity contribution >= 4 is 11.3 Å². The molecule has 0 nitrogen and oxygen atoms in total. The molecule has 0 bridgehead atoms. The normalized spacial score (nSPS) is 7.33. The topological polar surface area (TPSA) is 0 Å². The minimum atomic E-state index is 0. The van der Waals surface area contributed by atoms with Gasteiger partial charge in [0.2, 0.25) is 0 Å². The van der Waals surface area contributed by atoms with E-state index in [1.165, 1.54) is 0 Å². The van der Waals surface area contributed by atoms with Gasteiger partial charge in [-0.15, -0.1) is 5.38 Å². The molecule has 0 radical (unpaired) electrons. The zero-order valence-corrected chi connectivity index (χ0v) is 10.5. The number of rotatable bonds is 0. The van der Waals surface area contributed by atoms with E-state index in [4.69, 9.17) is 0 Å². The van der Waals surface area contributed by atoms with Gasteiger partial charge in [-0.05, 0) is 0 Å². The van der Waals surface area contributed by atoms with Gasteiger partial charge in [-0.1, -0.05) is 0 Å². The summed E-state index contributed by atoms with van der Waals surface area (Å²) in [6.45, 7) is 0. The molecule has 2 rings (SSSR count). The van der Waals surface area contributed by atoms with Gasteiger partial charge in [-0.2, -0.15) is 47.8 Å². The van der Waals surface area contributed by atoms with Crippen LogP contribution in [0.15, 0.2) is 47.8 Å². The van der Waals surface area contributed by atoms with E-state index in [0.717, 1.165) is 0 Å². The molecule has 0 atom stereocenters. The van der Waals surface area contributed by atoms with E-state index in [9.17, 15) is 0 Å². The third-order valence-corrected chi connectivity index (χ3v) is 1.55. The Hall–Kier alpha value is -0.457. The summed E-state index contributed by atoms with van der Waals surface area (Å²) in [5, 5.41) is 4.89. The van der Waals surface area contributed by atoms with Gasteiger partial charge in [-0.3, -0.25) is 0 Å². The molecule has 2 aromatic rings. The van der Waals surface area contributed by atoms with Crippen LogP contribution in [0.4, 0.5) is 0 Å². The maximum absolute atomic E-state index is 2.90. The molecular weight excluding hydrogens is 218 g/mol. The summed E-state index contributed by atoms with van der Waals surface area (Å²) in [4.78, 5) is 0. The van der Waals surface area contributed by atoms with Crippen LogP contribution in [0.1, 0.15) is 0 Å². The van der Waals surface area contributed by atoms with Crippen molar-refractivity contribution in [2.45, 2.75) is 0 Å². The van der Waals surface area contributed by atoms with Crippen LogP contribution < -0.4 is 0 Å². The summed E-state index contributed by atoms with van der Waals surface area (Å²) in [5.74, 6) is 0. The van der Waals surface area contributed by atoms with Gasteiger partial charge >= 0.3 is 19.5 Å². The average molecular weight is 226 g/mol. The van der Waals surface area contributed by atoms with E-state index < -0.39 is 0 Å². The van der Waals surface area contributed by atoms with E-state index >= 15 is 0 Å². The van der Waals surface area contributed by atoms with Crippen LogP contribution >= 0.6 is 11.3 Å². The second kappa shape index (κ2) is 8.64. The van der Waals surface area contributed by atoms with Gasteiger partial charge in [0.25, 0.3) is 0 Å². The maximum atomic E-state index is 2.90. The molecule has 0 saturated heterocycles. The smallest absolute Gasteiger partial charge is 0.304 e. The molecule has 0 aliphatic rings. The molecular formula is C10H8SZn. The minimum Gasteiger partial charge on any atom is -0.304 e. The van der Waals surface area contributed by atoms with Crippen molar-refractivity contribution in [3.05, 3.63) is 59.3 Å². The first-order valence-electron chi connectivity index (χ1n) is 3.31. The Morgan fingerprint density at radius 1 is 0.833 bits per heavy atom. The number of hydrogen-bond acceptors (Lipinski definition) is 1. The molecule has 0 spiro atoms. The second-order valence-corrected chi connectivity index (χ2v) is 2.55. The Morgan fingerprint density at radius 3 is 1.75 bits per heavy atom. The third kappa shape index (κ3) is 6.27. The van der Waals surface area contributed by atoms with Crippen molar-refractivity contribution in [2.24, 2.45) is 0 Å². The first-order chi connectivity index (χ1) is 5.50. The van der Waals surface area contributed by atoms with E-state index in [1.54, 1.807) is 11.3 Å². The minimum absolute atomic E-state index is 0. The predicted octanol–water partition coefficient (Wildman–Crippen LogP) is 3.03. The molecule has 1 aromatic carbocycles. The zero-order chi connectivity index (χ0) is 7.78. The summed E-state index contributed by atoms with van der Waals surface area (Å²) < 4.78 is 0. The van der Waals surface area contributed by atoms with Gasteiger partial charge in [0.1, 0.15) is 0 Å². The van der Waals surface area contributed by atoms with Crippen LogP contribution in [0.5, 0.6) is 0 Å². The van der Waals surface area contributed by atoms with Crippen LogP contribution in [0.2, 0.25) is 0 Å². The van der Waals surface area contributed by atoms with Crippen LogP contribution in [0.3, 0.4) is 0 Å². The second-order valence-electron chi connectivity index (χ2n) is 1.81. The molecule has 2 heteroatoms. The Balaban J connectivity index is 0.000000189. The summed E-state index contributed by atoms with van der Waals surface area (Å²) in [7, 11) is 0. The molecule has 0 fully saturated rings. The summed E-state index contributed by atoms with van der Waals surface area (Å²) >= 11 is 1.59. The number of hydrogen-bond donors (Lipinski definition) is 0. The van der Waals surface area contributed by atoms with Crippen molar-refractivity contribution in [3.8, 4) is 0 Å². The van der Waals surface area contributed by atoms with E-state index in [-0.39, 0.29) is 19.5 Å². The maximum Gasteiger partial charge on any atom is 2.00 e. The molecule has 0 amide bonds. The molecule has 0 unspecified atom stereocenters. The van der Waals surface area contributed by atoms with Crippen LogP contribution in [0.25, 0.3) is 0 Å². The van der Waals surface area contributed by atoms with Crippen LogP contribution in [-0.2, 0) is 19.5 Å². The molecule has 0 aliphatic heterocycles. The third-order valence-electron chi connectivity index (χ3n) is 0.986. The van der Waals surface area contributed by atoms with Crippen LogP contribution in [0, 0.1) is 11.4 Å². The van der Waals surface area contributed by atoms with E-state index in [0.29, 0.717) is 0 Å². The molecule has 1 aromatic heterocycles. The van der Waals surface area contributed by atoms with Crippen LogP contribution in [-0.4, -0.2) is 0 Å². The fraction of sp³-hybridized carbons (Fsp3) is 0. The monoisotopic (exact) mass is 224 g/mol. The standard InChI is InChI=1S/C6H5.C4H3S.Zn/c1-2-4-6-5-3-1;1-2-4-5-3-1;/h1-5H;1-3H;/q2*-1;+2. The molecule has 12 heavy (non-hydrogen) atoms.